The van der Waals surface area contributed by atoms with Crippen molar-refractivity contribution in [2.75, 3.05) is 6.61 Å². The van der Waals surface area contributed by atoms with E-state index in [4.69, 9.17) is 4.74 Å². The molecule has 0 N–H and O–H groups in total. The summed E-state index contributed by atoms with van der Waals surface area (Å²) >= 11 is 3.37. The van der Waals surface area contributed by atoms with Gasteiger partial charge in [-0.2, -0.15) is 5.10 Å². The predicted octanol–water partition coefficient (Wildman–Crippen LogP) is 4.28. The number of benzene rings is 1. The number of aromatic nitrogens is 2. The summed E-state index contributed by atoms with van der Waals surface area (Å²) in [5.41, 5.74) is 1.97. The van der Waals surface area contributed by atoms with E-state index in [1.807, 2.05) is 10.7 Å². The van der Waals surface area contributed by atoms with Crippen molar-refractivity contribution in [3.8, 4) is 11.3 Å². The number of rotatable bonds is 3. The van der Waals surface area contributed by atoms with Crippen LogP contribution < -0.4 is 0 Å². The number of ether oxygens (including phenoxy) is 1. The van der Waals surface area contributed by atoms with Gasteiger partial charge in [0.15, 0.2) is 15.5 Å². The highest BCUT2D eigenvalue weighted by Crippen LogP contribution is 2.43. The van der Waals surface area contributed by atoms with E-state index in [1.54, 1.807) is 19.1 Å². The van der Waals surface area contributed by atoms with Crippen LogP contribution in [-0.4, -0.2) is 30.8 Å². The minimum atomic E-state index is -3.56. The summed E-state index contributed by atoms with van der Waals surface area (Å²) in [6, 6.07) is 5.43. The van der Waals surface area contributed by atoms with Gasteiger partial charge in [-0.25, -0.2) is 13.2 Å². The normalized spacial score (nSPS) is 18.6. The first kappa shape index (κ1) is 18.7. The molecule has 144 valence electrons. The second-order valence-electron chi connectivity index (χ2n) is 7.03. The van der Waals surface area contributed by atoms with E-state index in [-0.39, 0.29) is 29.0 Å². The van der Waals surface area contributed by atoms with Crippen LogP contribution in [0.15, 0.2) is 27.6 Å². The van der Waals surface area contributed by atoms with Gasteiger partial charge in [0.05, 0.1) is 29.0 Å². The summed E-state index contributed by atoms with van der Waals surface area (Å²) in [5.74, 6) is -0.786. The topological polar surface area (TPSA) is 78.3 Å². The highest BCUT2D eigenvalue weighted by Gasteiger charge is 2.37. The fraction of sp³-hybridized carbons (Fsp3) is 0.474. The number of nitrogens with zero attached hydrogens (tertiary/aromatic N) is 2. The van der Waals surface area contributed by atoms with E-state index < -0.39 is 15.8 Å². The zero-order valence-corrected chi connectivity index (χ0v) is 17.5. The fourth-order valence-electron chi connectivity index (χ4n) is 4.06. The second kappa shape index (κ2) is 7.05. The Kier molecular flexibility index (Phi) is 4.88. The maximum atomic E-state index is 12.9. The van der Waals surface area contributed by atoms with Crippen LogP contribution in [0.1, 0.15) is 61.1 Å². The van der Waals surface area contributed by atoms with Gasteiger partial charge in [0, 0.05) is 15.6 Å². The van der Waals surface area contributed by atoms with E-state index in [1.165, 1.54) is 6.42 Å². The van der Waals surface area contributed by atoms with Crippen LogP contribution in [0.3, 0.4) is 0 Å². The molecule has 1 saturated carbocycles. The average molecular weight is 453 g/mol. The maximum absolute atomic E-state index is 12.9. The fourth-order valence-corrected chi connectivity index (χ4v) is 6.19. The Morgan fingerprint density at radius 2 is 2.04 bits per heavy atom. The molecule has 1 aromatic heterocycles. The van der Waals surface area contributed by atoms with Crippen molar-refractivity contribution in [3.63, 3.8) is 0 Å². The molecule has 0 radical (unpaired) electrons. The van der Waals surface area contributed by atoms with Crippen LogP contribution in [0, 0.1) is 0 Å². The number of hydrogen-bond donors (Lipinski definition) is 0. The molecule has 1 aromatic carbocycles. The van der Waals surface area contributed by atoms with E-state index in [9.17, 15) is 13.2 Å². The monoisotopic (exact) mass is 452 g/mol. The molecule has 0 bridgehead atoms. The Hall–Kier alpha value is -1.67. The average Bonchev–Trinajstić information content (AvgIpc) is 3.01. The van der Waals surface area contributed by atoms with E-state index in [0.29, 0.717) is 15.6 Å². The molecule has 27 heavy (non-hydrogen) atoms. The number of hydrogen-bond acceptors (Lipinski definition) is 5. The van der Waals surface area contributed by atoms with Gasteiger partial charge in [-0.05, 0) is 31.9 Å². The molecule has 0 atom stereocenters. The van der Waals surface area contributed by atoms with E-state index >= 15 is 0 Å². The Morgan fingerprint density at radius 3 is 2.74 bits per heavy atom. The van der Waals surface area contributed by atoms with Gasteiger partial charge in [0.1, 0.15) is 0 Å². The van der Waals surface area contributed by atoms with Crippen LogP contribution in [0.4, 0.5) is 0 Å². The van der Waals surface area contributed by atoms with Crippen LogP contribution in [0.2, 0.25) is 0 Å². The molecule has 4 rings (SSSR count). The molecule has 2 heterocycles. The summed E-state index contributed by atoms with van der Waals surface area (Å²) in [6.45, 7) is 1.95. The van der Waals surface area contributed by atoms with Crippen molar-refractivity contribution in [2.45, 2.75) is 55.7 Å². The van der Waals surface area contributed by atoms with Gasteiger partial charge in [-0.15, -0.1) is 0 Å². The standard InChI is InChI=1S/C19H21BrN2O4S/c1-2-26-19(23)17-15-11-27(24,25)16-10-12(20)8-9-14(16)18(15)22(21-17)13-6-4-3-5-7-13/h8-10,13H,2-7,11H2,1H3. The molecule has 1 aliphatic carbocycles. The largest absolute Gasteiger partial charge is 0.461 e. The lowest BCUT2D eigenvalue weighted by Gasteiger charge is -2.26. The molecule has 0 spiro atoms. The van der Waals surface area contributed by atoms with Crippen LogP contribution in [-0.2, 0) is 20.3 Å². The summed E-state index contributed by atoms with van der Waals surface area (Å²) in [5, 5.41) is 4.59. The first-order valence-corrected chi connectivity index (χ1v) is 11.7. The molecule has 1 aliphatic heterocycles. The first-order valence-electron chi connectivity index (χ1n) is 9.23. The van der Waals surface area contributed by atoms with Gasteiger partial charge in [-0.3, -0.25) is 4.68 Å². The van der Waals surface area contributed by atoms with Crippen LogP contribution in [0.5, 0.6) is 0 Å². The van der Waals surface area contributed by atoms with Crippen LogP contribution in [0.25, 0.3) is 11.3 Å². The summed E-state index contributed by atoms with van der Waals surface area (Å²) < 4.78 is 33.5. The molecular weight excluding hydrogens is 432 g/mol. The highest BCUT2D eigenvalue weighted by molar-refractivity contribution is 9.10. The zero-order valence-electron chi connectivity index (χ0n) is 15.1. The van der Waals surface area contributed by atoms with Gasteiger partial charge < -0.3 is 4.74 Å². The molecule has 0 unspecified atom stereocenters. The number of esters is 1. The number of carbonyl (C=O) groups excluding carboxylic acids is 1. The Labute approximate surface area is 167 Å². The van der Waals surface area contributed by atoms with Gasteiger partial charge in [0.2, 0.25) is 0 Å². The van der Waals surface area contributed by atoms with Crippen LogP contribution >= 0.6 is 15.9 Å². The van der Waals surface area contributed by atoms with Crippen molar-refractivity contribution in [3.05, 3.63) is 33.9 Å². The predicted molar refractivity (Wildman–Crippen MR) is 104 cm³/mol. The summed E-state index contributed by atoms with van der Waals surface area (Å²) in [6.07, 6.45) is 5.38. The number of sulfone groups is 1. The lowest BCUT2D eigenvalue weighted by Crippen LogP contribution is -2.19. The SMILES string of the molecule is CCOC(=O)c1nn(C2CCCCC2)c2c1CS(=O)(=O)c1cc(Br)ccc1-2. The number of carbonyl (C=O) groups is 1. The third kappa shape index (κ3) is 3.23. The van der Waals surface area contributed by atoms with Crippen molar-refractivity contribution < 1.29 is 17.9 Å². The molecular formula is C19H21BrN2O4S. The molecule has 1 fully saturated rings. The Balaban J connectivity index is 1.96. The molecule has 0 saturated heterocycles. The van der Waals surface area contributed by atoms with Crippen molar-refractivity contribution in [2.24, 2.45) is 0 Å². The summed E-state index contributed by atoms with van der Waals surface area (Å²) in [4.78, 5) is 12.8. The second-order valence-corrected chi connectivity index (χ2v) is 9.91. The molecule has 8 heteroatoms. The van der Waals surface area contributed by atoms with E-state index in [2.05, 4.69) is 21.0 Å². The maximum Gasteiger partial charge on any atom is 0.359 e. The van der Waals surface area contributed by atoms with Gasteiger partial charge in [-0.1, -0.05) is 41.3 Å². The lowest BCUT2D eigenvalue weighted by atomic mass is 9.95. The third-order valence-corrected chi connectivity index (χ3v) is 7.44. The first-order chi connectivity index (χ1) is 12.9. The summed E-state index contributed by atoms with van der Waals surface area (Å²) in [7, 11) is -3.56. The minimum absolute atomic E-state index is 0.134. The highest BCUT2D eigenvalue weighted by atomic mass is 79.9. The number of halogens is 1. The zero-order chi connectivity index (χ0) is 19.2. The molecule has 0 amide bonds. The Morgan fingerprint density at radius 1 is 1.30 bits per heavy atom. The lowest BCUT2D eigenvalue weighted by molar-refractivity contribution is 0.0517. The quantitative estimate of drug-likeness (QED) is 0.649. The van der Waals surface area contributed by atoms with Crippen molar-refractivity contribution in [1.29, 1.82) is 0 Å². The van der Waals surface area contributed by atoms with E-state index in [0.717, 1.165) is 31.4 Å². The molecule has 2 aliphatic rings. The van der Waals surface area contributed by atoms with Crippen molar-refractivity contribution in [1.82, 2.24) is 9.78 Å². The minimum Gasteiger partial charge on any atom is -0.461 e. The molecule has 2 aromatic rings. The third-order valence-electron chi connectivity index (χ3n) is 5.27. The van der Waals surface area contributed by atoms with Crippen molar-refractivity contribution >= 4 is 31.7 Å². The Bertz CT molecular complexity index is 1010. The number of fused-ring (bicyclic) bond motifs is 3. The molecule has 6 nitrogen and oxygen atoms in total. The van der Waals surface area contributed by atoms with Gasteiger partial charge >= 0.3 is 5.97 Å². The smallest absolute Gasteiger partial charge is 0.359 e. The van der Waals surface area contributed by atoms with Gasteiger partial charge in [0.25, 0.3) is 0 Å².